The number of rotatable bonds is 0. The summed E-state index contributed by atoms with van der Waals surface area (Å²) in [7, 11) is 0. The van der Waals surface area contributed by atoms with Crippen molar-refractivity contribution in [3.05, 3.63) is 30.2 Å². The lowest BCUT2D eigenvalue weighted by Crippen LogP contribution is -2.05. The molecule has 13 heavy (non-hydrogen) atoms. The van der Waals surface area contributed by atoms with Crippen molar-refractivity contribution in [1.29, 1.82) is 0 Å². The number of nitrogens with zero attached hydrogens (tertiary/aromatic N) is 1. The van der Waals surface area contributed by atoms with E-state index in [9.17, 15) is 13.2 Å². The first-order chi connectivity index (χ1) is 6.09. The molecular weight excluding hydrogens is 183 g/mol. The van der Waals surface area contributed by atoms with Crippen molar-refractivity contribution in [1.82, 2.24) is 4.98 Å². The lowest BCUT2D eigenvalue weighted by Gasteiger charge is -2.05. The Kier molecular flexibility index (Phi) is 1.55. The molecule has 5 heteroatoms. The molecule has 1 aromatic carbocycles. The zero-order valence-electron chi connectivity index (χ0n) is 6.22. The SMILES string of the molecule is FC(F)(F)c1c[c]cc2ocnc12. The molecule has 67 valence electrons. The summed E-state index contributed by atoms with van der Waals surface area (Å²) in [4.78, 5) is 3.48. The zero-order chi connectivity index (χ0) is 9.47. The van der Waals surface area contributed by atoms with Gasteiger partial charge in [0.25, 0.3) is 0 Å². The molecule has 0 N–H and O–H groups in total. The molecule has 0 bridgehead atoms. The highest BCUT2D eigenvalue weighted by atomic mass is 19.4. The Balaban J connectivity index is 2.75. The standard InChI is InChI=1S/C8H3F3NO/c9-8(10,11)5-2-1-3-6-7(5)12-4-13-6/h2-4H. The van der Waals surface area contributed by atoms with Crippen LogP contribution in [0.3, 0.4) is 0 Å². The van der Waals surface area contributed by atoms with Crippen molar-refractivity contribution in [2.75, 3.05) is 0 Å². The Morgan fingerprint density at radius 2 is 2.08 bits per heavy atom. The van der Waals surface area contributed by atoms with E-state index < -0.39 is 11.7 Å². The Hall–Kier alpha value is -1.52. The molecule has 0 fully saturated rings. The fourth-order valence-electron chi connectivity index (χ4n) is 1.05. The first kappa shape index (κ1) is 8.10. The van der Waals surface area contributed by atoms with Crippen LogP contribution in [0.4, 0.5) is 13.2 Å². The van der Waals surface area contributed by atoms with E-state index in [0.29, 0.717) is 0 Å². The molecule has 0 amide bonds. The van der Waals surface area contributed by atoms with Gasteiger partial charge < -0.3 is 4.42 Å². The van der Waals surface area contributed by atoms with E-state index in [-0.39, 0.29) is 11.1 Å². The largest absolute Gasteiger partial charge is 0.443 e. The van der Waals surface area contributed by atoms with E-state index in [1.165, 1.54) is 6.07 Å². The summed E-state index contributed by atoms with van der Waals surface area (Å²) in [5.74, 6) is 0. The molecule has 0 aliphatic carbocycles. The smallest absolute Gasteiger partial charge is 0.418 e. The summed E-state index contributed by atoms with van der Waals surface area (Å²) in [5, 5.41) is 0. The number of aromatic nitrogens is 1. The average molecular weight is 186 g/mol. The molecule has 2 nitrogen and oxygen atoms in total. The van der Waals surface area contributed by atoms with E-state index in [0.717, 1.165) is 12.5 Å². The summed E-state index contributed by atoms with van der Waals surface area (Å²) < 4.78 is 41.6. The monoisotopic (exact) mass is 186 g/mol. The molecule has 0 saturated carbocycles. The van der Waals surface area contributed by atoms with E-state index in [1.807, 2.05) is 0 Å². The van der Waals surface area contributed by atoms with Gasteiger partial charge in [-0.2, -0.15) is 13.2 Å². The van der Waals surface area contributed by atoms with E-state index >= 15 is 0 Å². The van der Waals surface area contributed by atoms with Gasteiger partial charge in [0, 0.05) is 0 Å². The van der Waals surface area contributed by atoms with Gasteiger partial charge >= 0.3 is 6.18 Å². The van der Waals surface area contributed by atoms with Crippen LogP contribution in [0.15, 0.2) is 22.9 Å². The minimum Gasteiger partial charge on any atom is -0.443 e. The molecule has 2 rings (SSSR count). The maximum absolute atomic E-state index is 12.3. The minimum absolute atomic E-state index is 0.0924. The quantitative estimate of drug-likeness (QED) is 0.632. The van der Waals surface area contributed by atoms with E-state index in [2.05, 4.69) is 11.1 Å². The highest BCUT2D eigenvalue weighted by Gasteiger charge is 2.33. The van der Waals surface area contributed by atoms with Crippen LogP contribution in [0.25, 0.3) is 11.1 Å². The summed E-state index contributed by atoms with van der Waals surface area (Å²) in [5.41, 5.74) is -0.903. The van der Waals surface area contributed by atoms with Crippen LogP contribution in [-0.2, 0) is 6.18 Å². The maximum atomic E-state index is 12.3. The predicted octanol–water partition coefficient (Wildman–Crippen LogP) is 2.65. The zero-order valence-corrected chi connectivity index (χ0v) is 6.22. The fraction of sp³-hybridized carbons (Fsp3) is 0.125. The summed E-state index contributed by atoms with van der Waals surface area (Å²) in [6.45, 7) is 0. The van der Waals surface area contributed by atoms with Crippen LogP contribution in [0.5, 0.6) is 0 Å². The molecule has 1 radical (unpaired) electrons. The van der Waals surface area contributed by atoms with Crippen LogP contribution < -0.4 is 0 Å². The van der Waals surface area contributed by atoms with Gasteiger partial charge in [0.1, 0.15) is 5.52 Å². The maximum Gasteiger partial charge on any atom is 0.418 e. The average Bonchev–Trinajstić information content (AvgIpc) is 2.48. The van der Waals surface area contributed by atoms with Gasteiger partial charge in [0.15, 0.2) is 12.0 Å². The molecule has 0 unspecified atom stereocenters. The van der Waals surface area contributed by atoms with Crippen molar-refractivity contribution < 1.29 is 17.6 Å². The third kappa shape index (κ3) is 1.26. The highest BCUT2D eigenvalue weighted by molar-refractivity contribution is 5.76. The van der Waals surface area contributed by atoms with Crippen molar-refractivity contribution >= 4 is 11.1 Å². The van der Waals surface area contributed by atoms with Crippen LogP contribution in [0.1, 0.15) is 5.56 Å². The number of hydrogen-bond acceptors (Lipinski definition) is 2. The predicted molar refractivity (Wildman–Crippen MR) is 37.8 cm³/mol. The number of fused-ring (bicyclic) bond motifs is 1. The number of benzene rings is 1. The normalized spacial score (nSPS) is 12.2. The second-order valence-corrected chi connectivity index (χ2v) is 2.43. The Labute approximate surface area is 71.0 Å². The second-order valence-electron chi connectivity index (χ2n) is 2.43. The van der Waals surface area contributed by atoms with Gasteiger partial charge in [0.05, 0.1) is 5.56 Å². The molecule has 2 aromatic rings. The number of hydrogen-bond donors (Lipinski definition) is 0. The van der Waals surface area contributed by atoms with Crippen molar-refractivity contribution in [3.63, 3.8) is 0 Å². The van der Waals surface area contributed by atoms with Gasteiger partial charge in [-0.1, -0.05) is 0 Å². The Bertz CT molecular complexity index is 432. The van der Waals surface area contributed by atoms with Crippen LogP contribution in [0.2, 0.25) is 0 Å². The second kappa shape index (κ2) is 2.48. The number of oxazole rings is 1. The number of halogens is 3. The van der Waals surface area contributed by atoms with Crippen LogP contribution >= 0.6 is 0 Å². The van der Waals surface area contributed by atoms with Crippen LogP contribution in [0, 0.1) is 6.07 Å². The molecule has 0 saturated heterocycles. The first-order valence-electron chi connectivity index (χ1n) is 3.39. The van der Waals surface area contributed by atoms with Gasteiger partial charge in [0.2, 0.25) is 0 Å². The van der Waals surface area contributed by atoms with E-state index in [4.69, 9.17) is 4.42 Å². The lowest BCUT2D eigenvalue weighted by molar-refractivity contribution is -0.136. The van der Waals surface area contributed by atoms with E-state index in [1.54, 1.807) is 0 Å². The third-order valence-electron chi connectivity index (χ3n) is 1.60. The topological polar surface area (TPSA) is 26.0 Å². The van der Waals surface area contributed by atoms with Crippen molar-refractivity contribution in [2.24, 2.45) is 0 Å². The van der Waals surface area contributed by atoms with Crippen molar-refractivity contribution in [2.45, 2.75) is 6.18 Å². The molecule has 0 aliphatic rings. The van der Waals surface area contributed by atoms with Crippen LogP contribution in [-0.4, -0.2) is 4.98 Å². The van der Waals surface area contributed by atoms with Gasteiger partial charge in [-0.25, -0.2) is 4.98 Å². The minimum atomic E-state index is -4.41. The number of alkyl halides is 3. The molecule has 0 atom stereocenters. The highest BCUT2D eigenvalue weighted by Crippen LogP contribution is 2.33. The summed E-state index contributed by atoms with van der Waals surface area (Å²) in [6.07, 6.45) is -3.43. The Morgan fingerprint density at radius 1 is 1.31 bits per heavy atom. The first-order valence-corrected chi connectivity index (χ1v) is 3.39. The van der Waals surface area contributed by atoms with Gasteiger partial charge in [-0.3, -0.25) is 0 Å². The third-order valence-corrected chi connectivity index (χ3v) is 1.60. The summed E-state index contributed by atoms with van der Waals surface area (Å²) >= 11 is 0. The molecule has 1 aromatic heterocycles. The van der Waals surface area contributed by atoms with Crippen molar-refractivity contribution in [3.8, 4) is 0 Å². The molecule has 0 spiro atoms. The van der Waals surface area contributed by atoms with Gasteiger partial charge in [-0.05, 0) is 18.2 Å². The fourth-order valence-corrected chi connectivity index (χ4v) is 1.05. The lowest BCUT2D eigenvalue weighted by atomic mass is 10.2. The summed E-state index contributed by atoms with van der Waals surface area (Å²) in [6, 6.07) is 4.51. The molecular formula is C8H3F3NO. The molecule has 1 heterocycles. The molecule has 0 aliphatic heterocycles. The Morgan fingerprint density at radius 3 is 2.77 bits per heavy atom. The van der Waals surface area contributed by atoms with Gasteiger partial charge in [-0.15, -0.1) is 0 Å².